The first-order chi connectivity index (χ1) is 11.2. The van der Waals surface area contributed by atoms with E-state index in [9.17, 15) is 5.11 Å². The molecule has 0 aliphatic carbocycles. The number of tetrazole rings is 1. The molecule has 7 heteroatoms. The van der Waals surface area contributed by atoms with Gasteiger partial charge in [0.2, 0.25) is 0 Å². The van der Waals surface area contributed by atoms with Crippen LogP contribution in [0.1, 0.15) is 19.8 Å². The van der Waals surface area contributed by atoms with Crippen molar-refractivity contribution in [1.82, 2.24) is 25.1 Å². The molecule has 3 rings (SSSR count). The number of benzene rings is 1. The Morgan fingerprint density at radius 2 is 2.17 bits per heavy atom. The normalized spacial score (nSPS) is 18.0. The Labute approximate surface area is 135 Å². The van der Waals surface area contributed by atoms with Crippen LogP contribution in [0.5, 0.6) is 5.75 Å². The van der Waals surface area contributed by atoms with E-state index in [1.165, 1.54) is 19.2 Å². The SMILES string of the molecule is CC1CCN(CC(O)COc2cccc(-n3cnnn3)c2)CC1. The molecule has 1 aromatic heterocycles. The Kier molecular flexibility index (Phi) is 5.19. The zero-order chi connectivity index (χ0) is 16.1. The van der Waals surface area contributed by atoms with Gasteiger partial charge < -0.3 is 14.7 Å². The van der Waals surface area contributed by atoms with Gasteiger partial charge in [0, 0.05) is 12.6 Å². The van der Waals surface area contributed by atoms with Gasteiger partial charge in [0.05, 0.1) is 5.69 Å². The zero-order valence-corrected chi connectivity index (χ0v) is 13.4. The number of hydrogen-bond donors (Lipinski definition) is 1. The molecule has 1 fully saturated rings. The molecule has 1 aliphatic heterocycles. The number of aliphatic hydroxyl groups excluding tert-OH is 1. The standard InChI is InChI=1S/C16H23N5O2/c1-13-5-7-20(8-6-13)10-15(22)11-23-16-4-2-3-14(9-16)21-12-17-18-19-21/h2-4,9,12-13,15,22H,5-8,10-11H2,1H3. The summed E-state index contributed by atoms with van der Waals surface area (Å²) in [4.78, 5) is 2.31. The lowest BCUT2D eigenvalue weighted by molar-refractivity contribution is 0.0563. The molecule has 124 valence electrons. The number of aliphatic hydroxyl groups is 1. The van der Waals surface area contributed by atoms with Crippen LogP contribution in [0, 0.1) is 5.92 Å². The summed E-state index contributed by atoms with van der Waals surface area (Å²) >= 11 is 0. The van der Waals surface area contributed by atoms with Crippen molar-refractivity contribution < 1.29 is 9.84 Å². The van der Waals surface area contributed by atoms with Crippen molar-refractivity contribution in [2.24, 2.45) is 5.92 Å². The van der Waals surface area contributed by atoms with Crippen LogP contribution in [-0.4, -0.2) is 62.6 Å². The van der Waals surface area contributed by atoms with Crippen molar-refractivity contribution in [3.63, 3.8) is 0 Å². The minimum atomic E-state index is -0.486. The third kappa shape index (κ3) is 4.49. The van der Waals surface area contributed by atoms with E-state index in [0.29, 0.717) is 12.3 Å². The van der Waals surface area contributed by atoms with Crippen LogP contribution in [0.4, 0.5) is 0 Å². The highest BCUT2D eigenvalue weighted by molar-refractivity contribution is 5.37. The highest BCUT2D eigenvalue weighted by Crippen LogP contribution is 2.17. The molecular weight excluding hydrogens is 294 g/mol. The van der Waals surface area contributed by atoms with Crippen LogP contribution in [-0.2, 0) is 0 Å². The van der Waals surface area contributed by atoms with Gasteiger partial charge in [0.15, 0.2) is 0 Å². The number of piperidine rings is 1. The Morgan fingerprint density at radius 3 is 2.91 bits per heavy atom. The molecule has 0 radical (unpaired) electrons. The maximum Gasteiger partial charge on any atom is 0.143 e. The average molecular weight is 317 g/mol. The Morgan fingerprint density at radius 1 is 1.35 bits per heavy atom. The molecule has 1 aromatic carbocycles. The van der Waals surface area contributed by atoms with E-state index < -0.39 is 6.10 Å². The average Bonchev–Trinajstić information content (AvgIpc) is 3.10. The van der Waals surface area contributed by atoms with Gasteiger partial charge in [-0.25, -0.2) is 4.68 Å². The van der Waals surface area contributed by atoms with E-state index >= 15 is 0 Å². The van der Waals surface area contributed by atoms with Crippen LogP contribution in [0.2, 0.25) is 0 Å². The van der Waals surface area contributed by atoms with Crippen molar-refractivity contribution in [1.29, 1.82) is 0 Å². The number of β-amino-alcohol motifs (C(OH)–C–C–N with tert-alkyl or cyclic N) is 1. The number of hydrogen-bond acceptors (Lipinski definition) is 6. The van der Waals surface area contributed by atoms with Crippen molar-refractivity contribution in [3.05, 3.63) is 30.6 Å². The van der Waals surface area contributed by atoms with Gasteiger partial charge in [-0.2, -0.15) is 0 Å². The highest BCUT2D eigenvalue weighted by atomic mass is 16.5. The summed E-state index contributed by atoms with van der Waals surface area (Å²) in [5, 5.41) is 21.3. The lowest BCUT2D eigenvalue weighted by Gasteiger charge is -2.31. The highest BCUT2D eigenvalue weighted by Gasteiger charge is 2.18. The first kappa shape index (κ1) is 15.9. The fourth-order valence-electron chi connectivity index (χ4n) is 2.78. The Hall–Kier alpha value is -1.99. The second-order valence-electron chi connectivity index (χ2n) is 6.20. The van der Waals surface area contributed by atoms with Crippen molar-refractivity contribution in [2.45, 2.75) is 25.9 Å². The molecule has 2 aromatic rings. The second kappa shape index (κ2) is 7.52. The lowest BCUT2D eigenvalue weighted by Crippen LogP contribution is -2.40. The number of nitrogens with zero attached hydrogens (tertiary/aromatic N) is 5. The summed E-state index contributed by atoms with van der Waals surface area (Å²) < 4.78 is 7.28. The fraction of sp³-hybridized carbons (Fsp3) is 0.562. The molecule has 0 bridgehead atoms. The predicted molar refractivity (Wildman–Crippen MR) is 85.5 cm³/mol. The summed E-state index contributed by atoms with van der Waals surface area (Å²) in [6.07, 6.45) is 3.47. The van der Waals surface area contributed by atoms with Crippen molar-refractivity contribution >= 4 is 0 Å². The van der Waals surface area contributed by atoms with E-state index in [0.717, 1.165) is 24.7 Å². The van der Waals surface area contributed by atoms with E-state index in [1.807, 2.05) is 24.3 Å². The molecule has 1 N–H and O–H groups in total. The van der Waals surface area contributed by atoms with Crippen LogP contribution in [0.15, 0.2) is 30.6 Å². The molecule has 1 saturated heterocycles. The minimum absolute atomic E-state index is 0.283. The number of rotatable bonds is 6. The largest absolute Gasteiger partial charge is 0.491 e. The number of ether oxygens (including phenoxy) is 1. The van der Waals surface area contributed by atoms with Crippen LogP contribution in [0.3, 0.4) is 0 Å². The smallest absolute Gasteiger partial charge is 0.143 e. The molecule has 7 nitrogen and oxygen atoms in total. The van der Waals surface area contributed by atoms with E-state index in [4.69, 9.17) is 4.74 Å². The monoisotopic (exact) mass is 317 g/mol. The summed E-state index contributed by atoms with van der Waals surface area (Å²) in [6, 6.07) is 7.49. The third-order valence-electron chi connectivity index (χ3n) is 4.22. The number of likely N-dealkylation sites (tertiary alicyclic amines) is 1. The molecule has 1 aliphatic rings. The molecular formula is C16H23N5O2. The van der Waals surface area contributed by atoms with Gasteiger partial charge in [-0.3, -0.25) is 0 Å². The summed E-state index contributed by atoms with van der Waals surface area (Å²) in [5.74, 6) is 1.50. The van der Waals surface area contributed by atoms with Gasteiger partial charge in [-0.1, -0.05) is 13.0 Å². The van der Waals surface area contributed by atoms with Crippen LogP contribution in [0.25, 0.3) is 5.69 Å². The van der Waals surface area contributed by atoms with Crippen LogP contribution < -0.4 is 4.74 Å². The summed E-state index contributed by atoms with van der Waals surface area (Å²) in [7, 11) is 0. The van der Waals surface area contributed by atoms with E-state index in [2.05, 4.69) is 27.3 Å². The quantitative estimate of drug-likeness (QED) is 0.861. The van der Waals surface area contributed by atoms with Gasteiger partial charge in [-0.05, 0) is 54.4 Å². The zero-order valence-electron chi connectivity index (χ0n) is 13.4. The van der Waals surface area contributed by atoms with Gasteiger partial charge >= 0.3 is 0 Å². The van der Waals surface area contributed by atoms with Crippen molar-refractivity contribution in [2.75, 3.05) is 26.2 Å². The lowest BCUT2D eigenvalue weighted by atomic mass is 9.99. The van der Waals surface area contributed by atoms with Crippen molar-refractivity contribution in [3.8, 4) is 11.4 Å². The molecule has 0 saturated carbocycles. The topological polar surface area (TPSA) is 76.3 Å². The first-order valence-corrected chi connectivity index (χ1v) is 8.07. The Balaban J connectivity index is 1.49. The van der Waals surface area contributed by atoms with Gasteiger partial charge in [-0.15, -0.1) is 5.10 Å². The Bertz CT molecular complexity index is 596. The van der Waals surface area contributed by atoms with Crippen LogP contribution >= 0.6 is 0 Å². The molecule has 1 atom stereocenters. The molecule has 23 heavy (non-hydrogen) atoms. The maximum absolute atomic E-state index is 10.2. The number of aromatic nitrogens is 4. The summed E-state index contributed by atoms with van der Waals surface area (Å²) in [6.45, 7) is 5.36. The maximum atomic E-state index is 10.2. The van der Waals surface area contributed by atoms with Gasteiger partial charge in [0.25, 0.3) is 0 Å². The molecule has 2 heterocycles. The van der Waals surface area contributed by atoms with Gasteiger partial charge in [0.1, 0.15) is 24.8 Å². The second-order valence-corrected chi connectivity index (χ2v) is 6.20. The fourth-order valence-corrected chi connectivity index (χ4v) is 2.78. The van der Waals surface area contributed by atoms with E-state index in [1.54, 1.807) is 4.68 Å². The third-order valence-corrected chi connectivity index (χ3v) is 4.22. The summed E-state index contributed by atoms with van der Waals surface area (Å²) in [5.41, 5.74) is 0.826. The molecule has 0 amide bonds. The first-order valence-electron chi connectivity index (χ1n) is 8.07. The predicted octanol–water partition coefficient (Wildman–Crippen LogP) is 1.13. The minimum Gasteiger partial charge on any atom is -0.491 e. The molecule has 1 unspecified atom stereocenters. The van der Waals surface area contributed by atoms with E-state index in [-0.39, 0.29) is 6.61 Å². The molecule has 0 spiro atoms.